The minimum Gasteiger partial charge on any atom is -0.385 e. The van der Waals surface area contributed by atoms with Crippen LogP contribution in [0.15, 0.2) is 12.1 Å². The number of anilines is 1. The smallest absolute Gasteiger partial charge is 0.288 e. The van der Waals surface area contributed by atoms with E-state index in [0.717, 1.165) is 37.2 Å². The number of nitrogens with zero attached hydrogens (tertiary/aromatic N) is 2. The molecule has 0 saturated carbocycles. The van der Waals surface area contributed by atoms with Gasteiger partial charge in [-0.1, -0.05) is 11.6 Å². The van der Waals surface area contributed by atoms with Gasteiger partial charge in [0.2, 0.25) is 0 Å². The number of benzene rings is 1. The quantitative estimate of drug-likeness (QED) is 0.474. The van der Waals surface area contributed by atoms with Crippen LogP contribution in [0.3, 0.4) is 0 Å². The number of aryl methyl sites for hydroxylation is 1. The van der Waals surface area contributed by atoms with Crippen LogP contribution in [0.25, 0.3) is 0 Å². The molecule has 5 nitrogen and oxygen atoms in total. The van der Waals surface area contributed by atoms with Crippen molar-refractivity contribution in [2.45, 2.75) is 19.8 Å². The summed E-state index contributed by atoms with van der Waals surface area (Å²) in [6.45, 7) is 3.73. The third kappa shape index (κ3) is 5.04. The first kappa shape index (κ1) is 15.7. The SMILES string of the molecule is Cc1cc([N+](=O)[O-])c(Cl)cc1NCCCCN(C)C. The lowest BCUT2D eigenvalue weighted by Crippen LogP contribution is -2.14. The van der Waals surface area contributed by atoms with E-state index in [1.807, 2.05) is 21.0 Å². The highest BCUT2D eigenvalue weighted by Crippen LogP contribution is 2.30. The van der Waals surface area contributed by atoms with Gasteiger partial charge in [0.05, 0.1) is 4.92 Å². The summed E-state index contributed by atoms with van der Waals surface area (Å²) in [5.74, 6) is 0. The maximum Gasteiger partial charge on any atom is 0.288 e. The fourth-order valence-electron chi connectivity index (χ4n) is 1.77. The Morgan fingerprint density at radius 3 is 2.63 bits per heavy atom. The molecule has 0 saturated heterocycles. The average molecular weight is 286 g/mol. The van der Waals surface area contributed by atoms with Crippen molar-refractivity contribution in [3.05, 3.63) is 32.8 Å². The van der Waals surface area contributed by atoms with E-state index in [-0.39, 0.29) is 10.7 Å². The first-order chi connectivity index (χ1) is 8.91. The molecule has 1 aromatic rings. The molecule has 0 aliphatic carbocycles. The minimum absolute atomic E-state index is 0.0441. The van der Waals surface area contributed by atoms with Crippen molar-refractivity contribution in [3.63, 3.8) is 0 Å². The van der Waals surface area contributed by atoms with Crippen molar-refractivity contribution < 1.29 is 4.92 Å². The number of nitro groups is 1. The van der Waals surface area contributed by atoms with Gasteiger partial charge in [-0.25, -0.2) is 0 Å². The summed E-state index contributed by atoms with van der Waals surface area (Å²) < 4.78 is 0. The van der Waals surface area contributed by atoms with E-state index in [1.165, 1.54) is 6.07 Å². The van der Waals surface area contributed by atoms with E-state index in [4.69, 9.17) is 11.6 Å². The molecule has 1 rings (SSSR count). The van der Waals surface area contributed by atoms with Gasteiger partial charge >= 0.3 is 0 Å². The molecule has 106 valence electrons. The highest BCUT2D eigenvalue weighted by atomic mass is 35.5. The van der Waals surface area contributed by atoms with E-state index in [9.17, 15) is 10.1 Å². The standard InChI is InChI=1S/C13H20ClN3O2/c1-10-8-13(17(18)19)11(14)9-12(10)15-6-4-5-7-16(2)3/h8-9,15H,4-7H2,1-3H3. The van der Waals surface area contributed by atoms with Gasteiger partial charge in [-0.15, -0.1) is 0 Å². The van der Waals surface area contributed by atoms with E-state index >= 15 is 0 Å². The zero-order chi connectivity index (χ0) is 14.4. The Morgan fingerprint density at radius 2 is 2.05 bits per heavy atom. The Kier molecular flexibility index (Phi) is 6.05. The summed E-state index contributed by atoms with van der Waals surface area (Å²) in [6, 6.07) is 3.13. The summed E-state index contributed by atoms with van der Waals surface area (Å²) in [5.41, 5.74) is 1.65. The largest absolute Gasteiger partial charge is 0.385 e. The third-order valence-electron chi connectivity index (χ3n) is 2.84. The van der Waals surface area contributed by atoms with Gasteiger partial charge in [-0.2, -0.15) is 0 Å². The average Bonchev–Trinajstić information content (AvgIpc) is 2.31. The summed E-state index contributed by atoms with van der Waals surface area (Å²) in [7, 11) is 4.10. The normalized spacial score (nSPS) is 10.8. The van der Waals surface area contributed by atoms with Gasteiger partial charge in [0.25, 0.3) is 5.69 Å². The van der Waals surface area contributed by atoms with Gasteiger partial charge in [0.1, 0.15) is 5.02 Å². The molecule has 0 aliphatic heterocycles. The Morgan fingerprint density at radius 1 is 1.37 bits per heavy atom. The summed E-state index contributed by atoms with van der Waals surface area (Å²) in [6.07, 6.45) is 2.16. The molecule has 19 heavy (non-hydrogen) atoms. The molecule has 1 N–H and O–H groups in total. The highest BCUT2D eigenvalue weighted by Gasteiger charge is 2.14. The molecule has 6 heteroatoms. The predicted octanol–water partition coefficient (Wildman–Crippen LogP) is 3.31. The van der Waals surface area contributed by atoms with E-state index in [1.54, 1.807) is 6.07 Å². The molecule has 0 amide bonds. The second-order valence-electron chi connectivity index (χ2n) is 4.81. The number of unbranched alkanes of at least 4 members (excludes halogenated alkanes) is 1. The number of nitro benzene ring substituents is 1. The van der Waals surface area contributed by atoms with E-state index in [0.29, 0.717) is 0 Å². The van der Waals surface area contributed by atoms with Crippen molar-refractivity contribution in [1.29, 1.82) is 0 Å². The lowest BCUT2D eigenvalue weighted by molar-refractivity contribution is -0.384. The molecule has 0 spiro atoms. The maximum atomic E-state index is 10.7. The number of hydrogen-bond acceptors (Lipinski definition) is 4. The van der Waals surface area contributed by atoms with Crippen LogP contribution >= 0.6 is 11.6 Å². The Labute approximate surface area is 118 Å². The fraction of sp³-hybridized carbons (Fsp3) is 0.538. The van der Waals surface area contributed by atoms with Crippen LogP contribution in [-0.2, 0) is 0 Å². The molecule has 0 aromatic heterocycles. The first-order valence-electron chi connectivity index (χ1n) is 6.25. The molecule has 0 atom stereocenters. The molecule has 0 aliphatic rings. The van der Waals surface area contributed by atoms with Gasteiger partial charge in [0, 0.05) is 18.3 Å². The molecule has 0 fully saturated rings. The highest BCUT2D eigenvalue weighted by molar-refractivity contribution is 6.33. The Balaban J connectivity index is 2.55. The second-order valence-corrected chi connectivity index (χ2v) is 5.22. The number of nitrogens with one attached hydrogen (secondary N) is 1. The van der Waals surface area contributed by atoms with Crippen LogP contribution in [0.2, 0.25) is 5.02 Å². The predicted molar refractivity (Wildman–Crippen MR) is 79.1 cm³/mol. The molecule has 0 bridgehead atoms. The molecular weight excluding hydrogens is 266 g/mol. The zero-order valence-corrected chi connectivity index (χ0v) is 12.3. The monoisotopic (exact) mass is 285 g/mol. The topological polar surface area (TPSA) is 58.4 Å². The van der Waals surface area contributed by atoms with Gasteiger partial charge < -0.3 is 10.2 Å². The number of hydrogen-bond donors (Lipinski definition) is 1. The number of halogens is 1. The fourth-order valence-corrected chi connectivity index (χ4v) is 2.01. The maximum absolute atomic E-state index is 10.7. The lowest BCUT2D eigenvalue weighted by atomic mass is 10.1. The molecule has 0 heterocycles. The second kappa shape index (κ2) is 7.31. The van der Waals surface area contributed by atoms with Gasteiger partial charge in [-0.3, -0.25) is 10.1 Å². The van der Waals surface area contributed by atoms with Crippen molar-refractivity contribution in [2.24, 2.45) is 0 Å². The van der Waals surface area contributed by atoms with Crippen LogP contribution < -0.4 is 5.32 Å². The van der Waals surface area contributed by atoms with E-state index in [2.05, 4.69) is 10.2 Å². The van der Waals surface area contributed by atoms with Crippen molar-refractivity contribution in [1.82, 2.24) is 4.90 Å². The molecule has 0 unspecified atom stereocenters. The van der Waals surface area contributed by atoms with Crippen molar-refractivity contribution in [3.8, 4) is 0 Å². The Bertz CT molecular complexity index is 450. The first-order valence-corrected chi connectivity index (χ1v) is 6.62. The molecular formula is C13H20ClN3O2. The number of rotatable bonds is 7. The lowest BCUT2D eigenvalue weighted by Gasteiger charge is -2.12. The van der Waals surface area contributed by atoms with Crippen LogP contribution in [0.1, 0.15) is 18.4 Å². The van der Waals surface area contributed by atoms with Crippen LogP contribution in [0.5, 0.6) is 0 Å². The summed E-state index contributed by atoms with van der Waals surface area (Å²) >= 11 is 5.89. The van der Waals surface area contributed by atoms with Crippen LogP contribution in [0, 0.1) is 17.0 Å². The summed E-state index contributed by atoms with van der Waals surface area (Å²) in [4.78, 5) is 12.4. The van der Waals surface area contributed by atoms with E-state index < -0.39 is 4.92 Å². The summed E-state index contributed by atoms with van der Waals surface area (Å²) in [5, 5.41) is 14.2. The third-order valence-corrected chi connectivity index (χ3v) is 3.14. The van der Waals surface area contributed by atoms with Gasteiger partial charge in [-0.05, 0) is 52.0 Å². The molecule has 1 aromatic carbocycles. The van der Waals surface area contributed by atoms with Gasteiger partial charge in [0.15, 0.2) is 0 Å². The van der Waals surface area contributed by atoms with Crippen LogP contribution in [-0.4, -0.2) is 37.0 Å². The Hall–Kier alpha value is -1.33. The minimum atomic E-state index is -0.462. The van der Waals surface area contributed by atoms with Crippen LogP contribution in [0.4, 0.5) is 11.4 Å². The van der Waals surface area contributed by atoms with Crippen molar-refractivity contribution >= 4 is 23.0 Å². The molecule has 0 radical (unpaired) electrons. The zero-order valence-electron chi connectivity index (χ0n) is 11.6. The van der Waals surface area contributed by atoms with Crippen molar-refractivity contribution in [2.75, 3.05) is 32.5 Å².